The van der Waals surface area contributed by atoms with Gasteiger partial charge in [0, 0.05) is 31.2 Å². The molecule has 1 amide bonds. The molecule has 0 saturated carbocycles. The van der Waals surface area contributed by atoms with Crippen LogP contribution in [0, 0.1) is 12.8 Å². The maximum atomic E-state index is 12.7. The highest BCUT2D eigenvalue weighted by atomic mass is 16.6. The smallest absolute Gasteiger partial charge is 0.254 e. The molecule has 6 heteroatoms. The van der Waals surface area contributed by atoms with Gasteiger partial charge in [0.15, 0.2) is 11.5 Å². The van der Waals surface area contributed by atoms with Crippen LogP contribution in [0.25, 0.3) is 0 Å². The Morgan fingerprint density at radius 1 is 1.32 bits per heavy atom. The SMILES string of the molecule is Cc1cc2c(cc1C(=O)N1CC[C@@H](CO)[C@H](O)C1)OCCO2. The van der Waals surface area contributed by atoms with E-state index in [4.69, 9.17) is 9.47 Å². The molecule has 3 rings (SSSR count). The first-order valence-electron chi connectivity index (χ1n) is 7.58. The molecule has 1 aromatic carbocycles. The molecular formula is C16H21NO5. The lowest BCUT2D eigenvalue weighted by Gasteiger charge is -2.35. The zero-order valence-corrected chi connectivity index (χ0v) is 12.6. The molecule has 1 saturated heterocycles. The molecule has 0 aromatic heterocycles. The summed E-state index contributed by atoms with van der Waals surface area (Å²) in [5.74, 6) is 0.987. The van der Waals surface area contributed by atoms with Crippen LogP contribution in [0.5, 0.6) is 11.5 Å². The highest BCUT2D eigenvalue weighted by Gasteiger charge is 2.31. The summed E-state index contributed by atoms with van der Waals surface area (Å²) >= 11 is 0. The summed E-state index contributed by atoms with van der Waals surface area (Å²) in [4.78, 5) is 14.3. The molecule has 0 bridgehead atoms. The molecule has 2 heterocycles. The van der Waals surface area contributed by atoms with E-state index < -0.39 is 6.10 Å². The molecule has 120 valence electrons. The largest absolute Gasteiger partial charge is 0.486 e. The van der Waals surface area contributed by atoms with Crippen molar-refractivity contribution in [3.63, 3.8) is 0 Å². The summed E-state index contributed by atoms with van der Waals surface area (Å²) in [5.41, 5.74) is 1.40. The number of likely N-dealkylation sites (tertiary alicyclic amines) is 1. The van der Waals surface area contributed by atoms with Gasteiger partial charge in [-0.3, -0.25) is 4.79 Å². The van der Waals surface area contributed by atoms with Gasteiger partial charge in [0.25, 0.3) is 5.91 Å². The number of hydrogen-bond donors (Lipinski definition) is 2. The highest BCUT2D eigenvalue weighted by molar-refractivity contribution is 5.96. The Kier molecular flexibility index (Phi) is 4.22. The zero-order valence-electron chi connectivity index (χ0n) is 12.6. The number of carbonyl (C=O) groups is 1. The second kappa shape index (κ2) is 6.14. The van der Waals surface area contributed by atoms with Crippen molar-refractivity contribution >= 4 is 5.91 Å². The predicted octanol–water partition coefficient (Wildman–Crippen LogP) is 0.582. The fraction of sp³-hybridized carbons (Fsp3) is 0.562. The Morgan fingerprint density at radius 3 is 2.64 bits per heavy atom. The number of ether oxygens (including phenoxy) is 2. The molecular weight excluding hydrogens is 286 g/mol. The van der Waals surface area contributed by atoms with Gasteiger partial charge in [-0.05, 0) is 31.0 Å². The normalized spacial score (nSPS) is 24.2. The van der Waals surface area contributed by atoms with Crippen molar-refractivity contribution in [2.75, 3.05) is 32.9 Å². The number of rotatable bonds is 2. The number of aliphatic hydroxyl groups excluding tert-OH is 2. The van der Waals surface area contributed by atoms with Crippen LogP contribution < -0.4 is 9.47 Å². The van der Waals surface area contributed by atoms with Crippen molar-refractivity contribution in [2.45, 2.75) is 19.4 Å². The lowest BCUT2D eigenvalue weighted by Crippen LogP contribution is -2.47. The number of benzene rings is 1. The van der Waals surface area contributed by atoms with E-state index in [1.54, 1.807) is 11.0 Å². The monoisotopic (exact) mass is 307 g/mol. The molecule has 0 spiro atoms. The van der Waals surface area contributed by atoms with E-state index in [2.05, 4.69) is 0 Å². The average Bonchev–Trinajstić information content (AvgIpc) is 2.53. The van der Waals surface area contributed by atoms with Gasteiger partial charge in [0.1, 0.15) is 13.2 Å². The second-order valence-corrected chi connectivity index (χ2v) is 5.86. The number of aryl methyl sites for hydroxylation is 1. The Labute approximate surface area is 129 Å². The molecule has 22 heavy (non-hydrogen) atoms. The van der Waals surface area contributed by atoms with Gasteiger partial charge in [0.05, 0.1) is 6.10 Å². The predicted molar refractivity (Wildman–Crippen MR) is 79.3 cm³/mol. The van der Waals surface area contributed by atoms with Gasteiger partial charge in [-0.15, -0.1) is 0 Å². The average molecular weight is 307 g/mol. The van der Waals surface area contributed by atoms with Crippen LogP contribution in [0.2, 0.25) is 0 Å². The van der Waals surface area contributed by atoms with Crippen LogP contribution in [0.15, 0.2) is 12.1 Å². The van der Waals surface area contributed by atoms with Gasteiger partial charge < -0.3 is 24.6 Å². The number of hydrogen-bond acceptors (Lipinski definition) is 5. The molecule has 2 aliphatic rings. The number of aliphatic hydroxyl groups is 2. The molecule has 6 nitrogen and oxygen atoms in total. The molecule has 0 aliphatic carbocycles. The van der Waals surface area contributed by atoms with E-state index in [0.29, 0.717) is 43.2 Å². The first-order chi connectivity index (χ1) is 10.6. The van der Waals surface area contributed by atoms with E-state index >= 15 is 0 Å². The minimum Gasteiger partial charge on any atom is -0.486 e. The van der Waals surface area contributed by atoms with Crippen molar-refractivity contribution in [1.29, 1.82) is 0 Å². The van der Waals surface area contributed by atoms with E-state index in [0.717, 1.165) is 5.56 Å². The fourth-order valence-electron chi connectivity index (χ4n) is 2.97. The summed E-state index contributed by atoms with van der Waals surface area (Å²) in [6, 6.07) is 3.54. The number of β-amino-alcohol motifs (C(OH)–C–C–N with tert-alkyl or cyclic N) is 1. The Balaban J connectivity index is 1.80. The third-order valence-electron chi connectivity index (χ3n) is 4.36. The Bertz CT molecular complexity index is 574. The molecule has 0 radical (unpaired) electrons. The maximum absolute atomic E-state index is 12.7. The van der Waals surface area contributed by atoms with Crippen molar-refractivity contribution in [3.8, 4) is 11.5 Å². The number of fused-ring (bicyclic) bond motifs is 1. The van der Waals surface area contributed by atoms with E-state index in [-0.39, 0.29) is 25.0 Å². The standard InChI is InChI=1S/C16H21NO5/c1-10-6-14-15(22-5-4-21-14)7-12(10)16(20)17-3-2-11(9-18)13(19)8-17/h6-7,11,13,18-19H,2-5,8-9H2,1H3/t11-,13+/m0/s1. The number of piperidine rings is 1. The topological polar surface area (TPSA) is 79.2 Å². The molecule has 2 atom stereocenters. The molecule has 1 aromatic rings. The number of amides is 1. The first kappa shape index (κ1) is 15.1. The fourth-order valence-corrected chi connectivity index (χ4v) is 2.97. The number of carbonyl (C=O) groups excluding carboxylic acids is 1. The lowest BCUT2D eigenvalue weighted by molar-refractivity contribution is 0.000822. The number of nitrogens with zero attached hydrogens (tertiary/aromatic N) is 1. The quantitative estimate of drug-likeness (QED) is 0.835. The van der Waals surface area contributed by atoms with E-state index in [9.17, 15) is 15.0 Å². The van der Waals surface area contributed by atoms with Crippen molar-refractivity contribution in [1.82, 2.24) is 4.90 Å². The van der Waals surface area contributed by atoms with Crippen LogP contribution in [0.4, 0.5) is 0 Å². The Morgan fingerprint density at radius 2 is 2.00 bits per heavy atom. The third kappa shape index (κ3) is 2.76. The van der Waals surface area contributed by atoms with E-state index in [1.807, 2.05) is 13.0 Å². The van der Waals surface area contributed by atoms with Crippen LogP contribution >= 0.6 is 0 Å². The summed E-state index contributed by atoms with van der Waals surface area (Å²) in [7, 11) is 0. The van der Waals surface area contributed by atoms with Gasteiger partial charge in [-0.2, -0.15) is 0 Å². The minimum absolute atomic E-state index is 0.0494. The maximum Gasteiger partial charge on any atom is 0.254 e. The van der Waals surface area contributed by atoms with Crippen LogP contribution in [0.1, 0.15) is 22.3 Å². The van der Waals surface area contributed by atoms with E-state index in [1.165, 1.54) is 0 Å². The van der Waals surface area contributed by atoms with Gasteiger partial charge in [-0.25, -0.2) is 0 Å². The third-order valence-corrected chi connectivity index (χ3v) is 4.36. The van der Waals surface area contributed by atoms with Crippen molar-refractivity contribution in [3.05, 3.63) is 23.3 Å². The van der Waals surface area contributed by atoms with Crippen LogP contribution in [0.3, 0.4) is 0 Å². The summed E-state index contributed by atoms with van der Waals surface area (Å²) in [6.45, 7) is 3.59. The van der Waals surface area contributed by atoms with Gasteiger partial charge >= 0.3 is 0 Å². The summed E-state index contributed by atoms with van der Waals surface area (Å²) in [5, 5.41) is 19.2. The summed E-state index contributed by atoms with van der Waals surface area (Å²) in [6.07, 6.45) is -0.0762. The van der Waals surface area contributed by atoms with Crippen molar-refractivity contribution in [2.24, 2.45) is 5.92 Å². The molecule has 0 unspecified atom stereocenters. The zero-order chi connectivity index (χ0) is 15.7. The first-order valence-corrected chi connectivity index (χ1v) is 7.58. The van der Waals surface area contributed by atoms with Gasteiger partial charge in [-0.1, -0.05) is 0 Å². The molecule has 2 N–H and O–H groups in total. The molecule has 1 fully saturated rings. The summed E-state index contributed by atoms with van der Waals surface area (Å²) < 4.78 is 11.0. The second-order valence-electron chi connectivity index (χ2n) is 5.86. The lowest BCUT2D eigenvalue weighted by atomic mass is 9.94. The van der Waals surface area contributed by atoms with Gasteiger partial charge in [0.2, 0.25) is 0 Å². The van der Waals surface area contributed by atoms with Crippen LogP contribution in [-0.2, 0) is 0 Å². The van der Waals surface area contributed by atoms with Crippen molar-refractivity contribution < 1.29 is 24.5 Å². The highest BCUT2D eigenvalue weighted by Crippen LogP contribution is 2.33. The Hall–Kier alpha value is -1.79. The minimum atomic E-state index is -0.680. The van der Waals surface area contributed by atoms with Crippen LogP contribution in [-0.4, -0.2) is 60.0 Å². The molecule has 2 aliphatic heterocycles.